The first-order valence-corrected chi connectivity index (χ1v) is 7.72. The van der Waals surface area contributed by atoms with Gasteiger partial charge in [-0.05, 0) is 54.5 Å². The fourth-order valence-electron chi connectivity index (χ4n) is 3.12. The molecule has 1 amide bonds. The third-order valence-electron chi connectivity index (χ3n) is 4.51. The second-order valence-electron chi connectivity index (χ2n) is 6.22. The topological polar surface area (TPSA) is 55.1 Å². The molecule has 0 aliphatic heterocycles. The maximum atomic E-state index is 12.5. The van der Waals surface area contributed by atoms with Gasteiger partial charge in [-0.3, -0.25) is 4.79 Å². The zero-order valence-electron chi connectivity index (χ0n) is 12.4. The molecule has 3 heteroatoms. The van der Waals surface area contributed by atoms with Crippen LogP contribution in [0.5, 0.6) is 0 Å². The number of nitrogen functional groups attached to an aromatic ring is 1. The molecule has 3 nitrogen and oxygen atoms in total. The zero-order chi connectivity index (χ0) is 14.8. The molecule has 0 bridgehead atoms. The van der Waals surface area contributed by atoms with E-state index in [9.17, 15) is 4.79 Å². The van der Waals surface area contributed by atoms with Crippen LogP contribution < -0.4 is 11.1 Å². The van der Waals surface area contributed by atoms with E-state index in [1.807, 2.05) is 36.4 Å². The van der Waals surface area contributed by atoms with Crippen molar-refractivity contribution in [2.45, 2.75) is 38.6 Å². The van der Waals surface area contributed by atoms with Crippen molar-refractivity contribution in [2.24, 2.45) is 5.92 Å². The third kappa shape index (κ3) is 3.02. The van der Waals surface area contributed by atoms with Gasteiger partial charge in [-0.15, -0.1) is 0 Å². The lowest BCUT2D eigenvalue weighted by molar-refractivity contribution is 0.0924. The summed E-state index contributed by atoms with van der Waals surface area (Å²) in [5, 5.41) is 5.26. The Bertz CT molecular complexity index is 657. The van der Waals surface area contributed by atoms with E-state index in [1.54, 1.807) is 0 Å². The Labute approximate surface area is 125 Å². The molecule has 1 saturated carbocycles. The van der Waals surface area contributed by atoms with Crippen LogP contribution in [-0.4, -0.2) is 11.9 Å². The van der Waals surface area contributed by atoms with Gasteiger partial charge in [0.25, 0.3) is 5.91 Å². The fourth-order valence-corrected chi connectivity index (χ4v) is 3.12. The van der Waals surface area contributed by atoms with E-state index in [4.69, 9.17) is 5.73 Å². The van der Waals surface area contributed by atoms with Gasteiger partial charge in [0.2, 0.25) is 0 Å². The molecule has 110 valence electrons. The monoisotopic (exact) mass is 282 g/mol. The van der Waals surface area contributed by atoms with Crippen molar-refractivity contribution in [1.82, 2.24) is 5.32 Å². The molecule has 0 atom stereocenters. The van der Waals surface area contributed by atoms with Crippen LogP contribution in [0.4, 0.5) is 5.69 Å². The highest BCUT2D eigenvalue weighted by Crippen LogP contribution is 2.25. The number of anilines is 1. The van der Waals surface area contributed by atoms with Gasteiger partial charge >= 0.3 is 0 Å². The Morgan fingerprint density at radius 3 is 2.38 bits per heavy atom. The largest absolute Gasteiger partial charge is 0.398 e. The fraction of sp³-hybridized carbons (Fsp3) is 0.389. The lowest BCUT2D eigenvalue weighted by Crippen LogP contribution is -2.37. The number of carbonyl (C=O) groups excluding carboxylic acids is 1. The van der Waals surface area contributed by atoms with Crippen molar-refractivity contribution in [3.63, 3.8) is 0 Å². The van der Waals surface area contributed by atoms with Gasteiger partial charge in [-0.1, -0.05) is 31.2 Å². The van der Waals surface area contributed by atoms with E-state index in [0.29, 0.717) is 17.3 Å². The molecule has 0 spiro atoms. The molecular weight excluding hydrogens is 260 g/mol. The first kappa shape index (κ1) is 13.9. The minimum Gasteiger partial charge on any atom is -0.398 e. The van der Waals surface area contributed by atoms with Gasteiger partial charge in [0.05, 0.1) is 5.56 Å². The summed E-state index contributed by atoms with van der Waals surface area (Å²) in [6.07, 6.45) is 4.52. The highest BCUT2D eigenvalue weighted by atomic mass is 16.1. The number of fused-ring (bicyclic) bond motifs is 1. The molecular formula is C18H22N2O. The highest BCUT2D eigenvalue weighted by molar-refractivity contribution is 6.04. The van der Waals surface area contributed by atoms with Crippen LogP contribution in [0, 0.1) is 5.92 Å². The summed E-state index contributed by atoms with van der Waals surface area (Å²) in [7, 11) is 0. The molecule has 1 aliphatic carbocycles. The first-order chi connectivity index (χ1) is 10.1. The summed E-state index contributed by atoms with van der Waals surface area (Å²) in [5.41, 5.74) is 7.20. The maximum absolute atomic E-state index is 12.5. The van der Waals surface area contributed by atoms with E-state index in [1.165, 1.54) is 12.8 Å². The standard InChI is InChI=1S/C18H22N2O/c1-12-6-8-15(9-7-12)20-18(21)16-10-13-4-2-3-5-14(13)11-17(16)19/h2-5,10-12,15H,6-9,19H2,1H3,(H,20,21). The summed E-state index contributed by atoms with van der Waals surface area (Å²) in [6.45, 7) is 2.28. The summed E-state index contributed by atoms with van der Waals surface area (Å²) in [6, 6.07) is 12.0. The molecule has 0 aromatic heterocycles. The third-order valence-corrected chi connectivity index (χ3v) is 4.51. The number of carbonyl (C=O) groups is 1. The van der Waals surface area contributed by atoms with Crippen molar-refractivity contribution in [3.05, 3.63) is 42.0 Å². The Kier molecular flexibility index (Phi) is 3.82. The molecule has 0 unspecified atom stereocenters. The Hall–Kier alpha value is -2.03. The number of nitrogens with two attached hydrogens (primary N) is 1. The van der Waals surface area contributed by atoms with Crippen LogP contribution in [0.3, 0.4) is 0 Å². The molecule has 3 rings (SSSR count). The highest BCUT2D eigenvalue weighted by Gasteiger charge is 2.21. The number of hydrogen-bond acceptors (Lipinski definition) is 2. The quantitative estimate of drug-likeness (QED) is 0.825. The Morgan fingerprint density at radius 1 is 1.10 bits per heavy atom. The number of benzene rings is 2. The number of hydrogen-bond donors (Lipinski definition) is 2. The number of rotatable bonds is 2. The van der Waals surface area contributed by atoms with Gasteiger partial charge in [0, 0.05) is 11.7 Å². The van der Waals surface area contributed by atoms with E-state index >= 15 is 0 Å². The number of amides is 1. The summed E-state index contributed by atoms with van der Waals surface area (Å²) in [4.78, 5) is 12.5. The van der Waals surface area contributed by atoms with Gasteiger partial charge in [0.15, 0.2) is 0 Å². The average Bonchev–Trinajstić information content (AvgIpc) is 2.49. The SMILES string of the molecule is CC1CCC(NC(=O)c2cc3ccccc3cc2N)CC1. The summed E-state index contributed by atoms with van der Waals surface area (Å²) < 4.78 is 0. The second-order valence-corrected chi connectivity index (χ2v) is 6.22. The molecule has 2 aromatic rings. The van der Waals surface area contributed by atoms with E-state index < -0.39 is 0 Å². The van der Waals surface area contributed by atoms with Crippen LogP contribution in [0.25, 0.3) is 10.8 Å². The molecule has 0 saturated heterocycles. The summed E-state index contributed by atoms with van der Waals surface area (Å²) in [5.74, 6) is 0.738. The maximum Gasteiger partial charge on any atom is 0.253 e. The molecule has 2 aromatic carbocycles. The van der Waals surface area contributed by atoms with Gasteiger partial charge in [-0.2, -0.15) is 0 Å². The zero-order valence-corrected chi connectivity index (χ0v) is 12.4. The summed E-state index contributed by atoms with van der Waals surface area (Å²) >= 11 is 0. The van der Waals surface area contributed by atoms with Gasteiger partial charge < -0.3 is 11.1 Å². The van der Waals surface area contributed by atoms with E-state index in [2.05, 4.69) is 12.2 Å². The van der Waals surface area contributed by atoms with Crippen molar-refractivity contribution in [1.29, 1.82) is 0 Å². The second kappa shape index (κ2) is 5.76. The lowest BCUT2D eigenvalue weighted by atomic mass is 9.87. The first-order valence-electron chi connectivity index (χ1n) is 7.72. The molecule has 3 N–H and O–H groups in total. The predicted molar refractivity (Wildman–Crippen MR) is 87.2 cm³/mol. The normalized spacial score (nSPS) is 22.1. The van der Waals surface area contributed by atoms with Gasteiger partial charge in [0.1, 0.15) is 0 Å². The van der Waals surface area contributed by atoms with Crippen molar-refractivity contribution < 1.29 is 4.79 Å². The minimum atomic E-state index is -0.0437. The molecule has 1 fully saturated rings. The number of nitrogens with one attached hydrogen (secondary N) is 1. The Morgan fingerprint density at radius 2 is 1.71 bits per heavy atom. The average molecular weight is 282 g/mol. The predicted octanol–water partition coefficient (Wildman–Crippen LogP) is 3.73. The lowest BCUT2D eigenvalue weighted by Gasteiger charge is -2.27. The van der Waals surface area contributed by atoms with Crippen molar-refractivity contribution >= 4 is 22.4 Å². The van der Waals surface area contributed by atoms with E-state index in [0.717, 1.165) is 29.5 Å². The van der Waals surface area contributed by atoms with Crippen LogP contribution in [0.1, 0.15) is 43.0 Å². The van der Waals surface area contributed by atoms with Crippen LogP contribution in [0.2, 0.25) is 0 Å². The molecule has 21 heavy (non-hydrogen) atoms. The molecule has 0 heterocycles. The smallest absolute Gasteiger partial charge is 0.253 e. The van der Waals surface area contributed by atoms with Crippen LogP contribution >= 0.6 is 0 Å². The van der Waals surface area contributed by atoms with Crippen molar-refractivity contribution in [3.8, 4) is 0 Å². The van der Waals surface area contributed by atoms with Gasteiger partial charge in [-0.25, -0.2) is 0 Å². The van der Waals surface area contributed by atoms with E-state index in [-0.39, 0.29) is 5.91 Å². The van der Waals surface area contributed by atoms with Crippen LogP contribution in [-0.2, 0) is 0 Å². The Balaban J connectivity index is 1.79. The molecule has 1 aliphatic rings. The van der Waals surface area contributed by atoms with Crippen LogP contribution in [0.15, 0.2) is 36.4 Å². The minimum absolute atomic E-state index is 0.0437. The van der Waals surface area contributed by atoms with Crippen molar-refractivity contribution in [2.75, 3.05) is 5.73 Å². The molecule has 0 radical (unpaired) electrons.